The number of carbonyl (C=O) groups is 2. The van der Waals surface area contributed by atoms with Crippen molar-refractivity contribution in [2.75, 3.05) is 25.6 Å². The minimum atomic E-state index is -0.939. The van der Waals surface area contributed by atoms with Gasteiger partial charge < -0.3 is 15.3 Å². The van der Waals surface area contributed by atoms with Crippen LogP contribution in [0.15, 0.2) is 24.3 Å². The highest BCUT2D eigenvalue weighted by molar-refractivity contribution is 7.98. The lowest BCUT2D eigenvalue weighted by atomic mass is 10.0. The fraction of sp³-hybridized carbons (Fsp3) is 0.467. The lowest BCUT2D eigenvalue weighted by Crippen LogP contribution is -2.43. The van der Waals surface area contributed by atoms with Crippen LogP contribution in [0.1, 0.15) is 22.8 Å². The van der Waals surface area contributed by atoms with E-state index in [9.17, 15) is 9.59 Å². The molecule has 1 unspecified atom stereocenters. The average Bonchev–Trinajstić information content (AvgIpc) is 2.45. The van der Waals surface area contributed by atoms with Crippen molar-refractivity contribution < 1.29 is 14.7 Å². The first-order valence-corrected chi connectivity index (χ1v) is 8.16. The molecule has 1 atom stereocenters. The zero-order valence-electron chi connectivity index (χ0n) is 12.6. The van der Waals surface area contributed by atoms with Gasteiger partial charge in [0.25, 0.3) is 0 Å². The maximum absolute atomic E-state index is 12.0. The van der Waals surface area contributed by atoms with Crippen LogP contribution < -0.4 is 5.32 Å². The number of carboxylic acids is 1. The molecule has 0 saturated heterocycles. The van der Waals surface area contributed by atoms with Gasteiger partial charge in [-0.2, -0.15) is 11.8 Å². The summed E-state index contributed by atoms with van der Waals surface area (Å²) in [7, 11) is 1.71. The van der Waals surface area contributed by atoms with Gasteiger partial charge in [0.05, 0.1) is 5.56 Å². The van der Waals surface area contributed by atoms with Gasteiger partial charge >= 0.3 is 12.0 Å². The van der Waals surface area contributed by atoms with Crippen LogP contribution in [-0.4, -0.2) is 53.6 Å². The molecule has 0 aliphatic heterocycles. The number of amides is 2. The smallest absolute Gasteiger partial charge is 0.335 e. The highest BCUT2D eigenvalue weighted by atomic mass is 32.2. The van der Waals surface area contributed by atoms with E-state index in [2.05, 4.69) is 5.32 Å². The Morgan fingerprint density at radius 3 is 2.67 bits per heavy atom. The van der Waals surface area contributed by atoms with Crippen molar-refractivity contribution in [2.24, 2.45) is 0 Å². The first-order chi connectivity index (χ1) is 9.95. The van der Waals surface area contributed by atoms with E-state index >= 15 is 0 Å². The molecule has 6 heteroatoms. The van der Waals surface area contributed by atoms with Gasteiger partial charge in [0, 0.05) is 25.4 Å². The lowest BCUT2D eigenvalue weighted by molar-refractivity contribution is 0.0695. The van der Waals surface area contributed by atoms with Gasteiger partial charge in [0.2, 0.25) is 0 Å². The van der Waals surface area contributed by atoms with E-state index in [4.69, 9.17) is 5.11 Å². The van der Waals surface area contributed by atoms with E-state index in [-0.39, 0.29) is 12.1 Å². The Morgan fingerprint density at radius 1 is 1.38 bits per heavy atom. The third-order valence-electron chi connectivity index (χ3n) is 3.10. The number of hydrogen-bond donors (Lipinski definition) is 2. The largest absolute Gasteiger partial charge is 0.478 e. The average molecular weight is 310 g/mol. The number of likely N-dealkylation sites (N-methyl/N-ethyl adjacent to an activating group) is 1. The molecular weight excluding hydrogens is 288 g/mol. The highest BCUT2D eigenvalue weighted by Crippen LogP contribution is 2.10. The predicted octanol–water partition coefficient (Wildman–Crippen LogP) is 2.32. The molecule has 0 heterocycles. The minimum absolute atomic E-state index is 0.112. The Morgan fingerprint density at radius 2 is 2.05 bits per heavy atom. The molecular formula is C15H22N2O3S. The standard InChI is InChI=1S/C15H22N2O3S/c1-11(10-21-3)16-15(20)17(2)9-8-12-6-4-5-7-13(12)14(18)19/h4-7,11H,8-10H2,1-3H3,(H,16,20)(H,18,19). The molecule has 2 N–H and O–H groups in total. The number of carboxylic acid groups (broad SMARTS) is 1. The molecule has 1 aromatic rings. The number of urea groups is 1. The molecule has 0 aliphatic carbocycles. The Labute approximate surface area is 129 Å². The normalized spacial score (nSPS) is 11.8. The van der Waals surface area contributed by atoms with E-state index in [0.717, 1.165) is 11.3 Å². The summed E-state index contributed by atoms with van der Waals surface area (Å²) in [6.07, 6.45) is 2.51. The van der Waals surface area contributed by atoms with Gasteiger partial charge in [-0.1, -0.05) is 18.2 Å². The van der Waals surface area contributed by atoms with Gasteiger partial charge in [-0.15, -0.1) is 0 Å². The molecule has 116 valence electrons. The maximum atomic E-state index is 12.0. The summed E-state index contributed by atoms with van der Waals surface area (Å²) in [6, 6.07) is 6.85. The lowest BCUT2D eigenvalue weighted by Gasteiger charge is -2.21. The Bertz CT molecular complexity index is 494. The third-order valence-corrected chi connectivity index (χ3v) is 3.93. The molecule has 0 bridgehead atoms. The Kier molecular flexibility index (Phi) is 7.08. The molecule has 0 aromatic heterocycles. The quantitative estimate of drug-likeness (QED) is 0.811. The second-order valence-electron chi connectivity index (χ2n) is 4.94. The highest BCUT2D eigenvalue weighted by Gasteiger charge is 2.13. The van der Waals surface area contributed by atoms with Crippen LogP contribution in [0.3, 0.4) is 0 Å². The van der Waals surface area contributed by atoms with Crippen molar-refractivity contribution in [1.29, 1.82) is 0 Å². The van der Waals surface area contributed by atoms with Crippen LogP contribution in [0.25, 0.3) is 0 Å². The number of rotatable bonds is 7. The maximum Gasteiger partial charge on any atom is 0.335 e. The summed E-state index contributed by atoms with van der Waals surface area (Å²) in [5.41, 5.74) is 1.03. The van der Waals surface area contributed by atoms with E-state index in [1.807, 2.05) is 19.2 Å². The first kappa shape index (κ1) is 17.4. The predicted molar refractivity (Wildman–Crippen MR) is 86.1 cm³/mol. The Balaban J connectivity index is 2.55. The zero-order chi connectivity index (χ0) is 15.8. The minimum Gasteiger partial charge on any atom is -0.478 e. The number of carbonyl (C=O) groups excluding carboxylic acids is 1. The number of nitrogens with zero attached hydrogens (tertiary/aromatic N) is 1. The van der Waals surface area contributed by atoms with Gasteiger partial charge in [-0.05, 0) is 31.2 Å². The molecule has 2 amide bonds. The SMILES string of the molecule is CSCC(C)NC(=O)N(C)CCc1ccccc1C(=O)O. The summed E-state index contributed by atoms with van der Waals surface area (Å²) >= 11 is 1.68. The fourth-order valence-electron chi connectivity index (χ4n) is 1.95. The number of hydrogen-bond acceptors (Lipinski definition) is 3. The van der Waals surface area contributed by atoms with Crippen LogP contribution >= 0.6 is 11.8 Å². The van der Waals surface area contributed by atoms with E-state index in [0.29, 0.717) is 18.5 Å². The summed E-state index contributed by atoms with van der Waals surface area (Å²) < 4.78 is 0. The molecule has 0 saturated carbocycles. The molecule has 1 rings (SSSR count). The fourth-order valence-corrected chi connectivity index (χ4v) is 2.53. The second-order valence-corrected chi connectivity index (χ2v) is 5.85. The van der Waals surface area contributed by atoms with Crippen molar-refractivity contribution in [3.05, 3.63) is 35.4 Å². The van der Waals surface area contributed by atoms with Crippen molar-refractivity contribution >= 4 is 23.8 Å². The number of aromatic carboxylic acids is 1. The number of nitrogens with one attached hydrogen (secondary N) is 1. The molecule has 1 aromatic carbocycles. The van der Waals surface area contributed by atoms with Crippen LogP contribution in [-0.2, 0) is 6.42 Å². The Hall–Kier alpha value is -1.69. The summed E-state index contributed by atoms with van der Waals surface area (Å²) in [6.45, 7) is 2.43. The van der Waals surface area contributed by atoms with Gasteiger partial charge in [-0.3, -0.25) is 0 Å². The van der Waals surface area contributed by atoms with Crippen molar-refractivity contribution in [2.45, 2.75) is 19.4 Å². The van der Waals surface area contributed by atoms with Crippen LogP contribution in [0.4, 0.5) is 4.79 Å². The summed E-state index contributed by atoms with van der Waals surface area (Å²) in [5.74, 6) is -0.0761. The van der Waals surface area contributed by atoms with Gasteiger partial charge in [-0.25, -0.2) is 9.59 Å². The zero-order valence-corrected chi connectivity index (χ0v) is 13.4. The van der Waals surface area contributed by atoms with E-state index < -0.39 is 5.97 Å². The molecule has 21 heavy (non-hydrogen) atoms. The summed E-state index contributed by atoms with van der Waals surface area (Å²) in [4.78, 5) is 24.7. The molecule has 0 fully saturated rings. The number of thioether (sulfide) groups is 1. The summed E-state index contributed by atoms with van der Waals surface area (Å²) in [5, 5.41) is 12.0. The monoisotopic (exact) mass is 310 g/mol. The topological polar surface area (TPSA) is 69.6 Å². The molecule has 0 aliphatic rings. The third kappa shape index (κ3) is 5.67. The molecule has 0 spiro atoms. The van der Waals surface area contributed by atoms with Crippen molar-refractivity contribution in [3.8, 4) is 0 Å². The first-order valence-electron chi connectivity index (χ1n) is 6.77. The molecule has 0 radical (unpaired) electrons. The van der Waals surface area contributed by atoms with Gasteiger partial charge in [0.15, 0.2) is 0 Å². The van der Waals surface area contributed by atoms with Crippen molar-refractivity contribution in [1.82, 2.24) is 10.2 Å². The van der Waals surface area contributed by atoms with Gasteiger partial charge in [0.1, 0.15) is 0 Å². The van der Waals surface area contributed by atoms with Crippen LogP contribution in [0.5, 0.6) is 0 Å². The molecule has 5 nitrogen and oxygen atoms in total. The van der Waals surface area contributed by atoms with Crippen molar-refractivity contribution in [3.63, 3.8) is 0 Å². The second kappa shape index (κ2) is 8.56. The van der Waals surface area contributed by atoms with Crippen LogP contribution in [0.2, 0.25) is 0 Å². The van der Waals surface area contributed by atoms with E-state index in [1.165, 1.54) is 0 Å². The number of benzene rings is 1. The van der Waals surface area contributed by atoms with E-state index in [1.54, 1.807) is 41.9 Å². The van der Waals surface area contributed by atoms with Crippen LogP contribution in [0, 0.1) is 0 Å².